The van der Waals surface area contributed by atoms with E-state index in [2.05, 4.69) is 27.7 Å². The molecule has 12 heteroatoms. The van der Waals surface area contributed by atoms with Crippen LogP contribution in [0.15, 0.2) is 36.0 Å². The molecule has 0 spiro atoms. The van der Waals surface area contributed by atoms with Crippen molar-refractivity contribution < 1.29 is 52.3 Å². The van der Waals surface area contributed by atoms with Gasteiger partial charge >= 0.3 is 11.9 Å². The first-order valence-electron chi connectivity index (χ1n) is 21.7. The van der Waals surface area contributed by atoms with Crippen LogP contribution in [0.25, 0.3) is 0 Å². The Labute approximate surface area is 346 Å². The molecule has 0 aromatic rings. The van der Waals surface area contributed by atoms with E-state index < -0.39 is 62.5 Å². The van der Waals surface area contributed by atoms with Gasteiger partial charge in [-0.15, -0.1) is 0 Å². The van der Waals surface area contributed by atoms with Crippen LogP contribution in [-0.4, -0.2) is 99.0 Å². The molecule has 2 rings (SSSR count). The number of epoxide rings is 1. The molecule has 0 aliphatic carbocycles. The number of carbonyl (C=O) groups is 2. The third kappa shape index (κ3) is 15.9. The average Bonchev–Trinajstić information content (AvgIpc) is 3.90. The van der Waals surface area contributed by atoms with E-state index in [1.807, 2.05) is 99.6 Å². The van der Waals surface area contributed by atoms with E-state index in [9.17, 15) is 14.7 Å². The van der Waals surface area contributed by atoms with Gasteiger partial charge in [0.15, 0.2) is 20.9 Å². The number of esters is 2. The summed E-state index contributed by atoms with van der Waals surface area (Å²) in [6.07, 6.45) is 8.64. The highest BCUT2D eigenvalue weighted by Crippen LogP contribution is 2.40. The maximum Gasteiger partial charge on any atom is 0.308 e. The quantitative estimate of drug-likeness (QED) is 0.0280. The average molecular weight is 825 g/mol. The lowest BCUT2D eigenvalue weighted by atomic mass is 9.88. The molecule has 11 nitrogen and oxygen atoms in total. The van der Waals surface area contributed by atoms with Gasteiger partial charge in [0.05, 0.1) is 36.4 Å². The summed E-state index contributed by atoms with van der Waals surface area (Å²) in [7, 11) is -2.23. The van der Waals surface area contributed by atoms with Crippen molar-refractivity contribution in [2.45, 2.75) is 214 Å². The minimum Gasteiger partial charge on any atom is -0.457 e. The highest BCUT2D eigenvalue weighted by Gasteiger charge is 2.48. The third-order valence-corrected chi connectivity index (χ3v) is 17.2. The summed E-state index contributed by atoms with van der Waals surface area (Å²) < 4.78 is 50.1. The first kappa shape index (κ1) is 51.2. The molecule has 57 heavy (non-hydrogen) atoms. The number of rotatable bonds is 22. The minimum absolute atomic E-state index is 0.0148. The zero-order valence-corrected chi connectivity index (χ0v) is 39.1. The highest BCUT2D eigenvalue weighted by molar-refractivity contribution is 6.75. The smallest absolute Gasteiger partial charge is 0.308 e. The molecular weight excluding hydrogens is 745 g/mol. The number of hydrogen-bond acceptors (Lipinski definition) is 11. The Morgan fingerprint density at radius 2 is 1.67 bits per heavy atom. The summed E-state index contributed by atoms with van der Waals surface area (Å²) in [6.45, 7) is 30.6. The lowest BCUT2D eigenvalue weighted by Crippen LogP contribution is -2.48. The van der Waals surface area contributed by atoms with Crippen molar-refractivity contribution in [1.82, 2.24) is 0 Å². The Morgan fingerprint density at radius 1 is 1.04 bits per heavy atom. The molecule has 0 amide bonds. The zero-order chi connectivity index (χ0) is 43.1. The predicted octanol–water partition coefficient (Wildman–Crippen LogP) is 9.37. The molecule has 2 heterocycles. The lowest BCUT2D eigenvalue weighted by molar-refractivity contribution is -0.227. The van der Waals surface area contributed by atoms with Gasteiger partial charge in [-0.25, -0.2) is 0 Å². The number of hydrogen-bond donors (Lipinski definition) is 1. The van der Waals surface area contributed by atoms with Crippen molar-refractivity contribution >= 4 is 20.3 Å². The van der Waals surface area contributed by atoms with E-state index in [-0.39, 0.29) is 36.4 Å². The molecule has 12 unspecified atom stereocenters. The monoisotopic (exact) mass is 825 g/mol. The number of cyclic esters (lactones) is 1. The maximum absolute atomic E-state index is 14.0. The zero-order valence-electron chi connectivity index (χ0n) is 38.1. The summed E-state index contributed by atoms with van der Waals surface area (Å²) >= 11 is 0. The summed E-state index contributed by atoms with van der Waals surface area (Å²) in [5, 5.41) is 10.4. The third-order valence-electron chi connectivity index (χ3n) is 11.9. The van der Waals surface area contributed by atoms with Crippen LogP contribution in [0, 0.1) is 11.8 Å². The molecule has 1 N–H and O–H groups in total. The van der Waals surface area contributed by atoms with E-state index in [4.69, 9.17) is 37.6 Å². The fourth-order valence-corrected chi connectivity index (χ4v) is 11.9. The maximum atomic E-state index is 14.0. The van der Waals surface area contributed by atoms with Gasteiger partial charge in [0.1, 0.15) is 17.8 Å². The Morgan fingerprint density at radius 3 is 2.23 bits per heavy atom. The van der Waals surface area contributed by atoms with Crippen LogP contribution in [0.2, 0.25) is 17.6 Å². The second kappa shape index (κ2) is 23.8. The van der Waals surface area contributed by atoms with Gasteiger partial charge in [0.25, 0.3) is 0 Å². The van der Waals surface area contributed by atoms with E-state index in [0.29, 0.717) is 44.4 Å². The van der Waals surface area contributed by atoms with Gasteiger partial charge in [0, 0.05) is 38.4 Å². The predicted molar refractivity (Wildman–Crippen MR) is 227 cm³/mol. The van der Waals surface area contributed by atoms with Crippen LogP contribution < -0.4 is 0 Å². The standard InChI is InChI=1S/C45H80O11Si/c1-16-38(47)33(10)43-39(52-43)29-44(14,54-35(12)49-17-2)26-21-22-31(8)42-32(9)23-24-40(51-34(11)46)45(15,55-36(13)50-18-3)27-25-37(28-41(48)53-42)56-57(19-4,20-5)30(6)7/h21-24,26,30,32-33,35-40,42-43,47H,16-20,25,27-29H2,1-15H3. The van der Waals surface area contributed by atoms with Crippen molar-refractivity contribution in [2.24, 2.45) is 11.8 Å². The first-order chi connectivity index (χ1) is 26.7. The molecule has 2 aliphatic rings. The van der Waals surface area contributed by atoms with Crippen molar-refractivity contribution in [2.75, 3.05) is 13.2 Å². The molecule has 0 bridgehead atoms. The van der Waals surface area contributed by atoms with E-state index >= 15 is 0 Å². The molecule has 0 aromatic carbocycles. The minimum atomic E-state index is -2.23. The summed E-state index contributed by atoms with van der Waals surface area (Å²) in [4.78, 5) is 26.6. The largest absolute Gasteiger partial charge is 0.457 e. The molecule has 0 saturated carbocycles. The van der Waals surface area contributed by atoms with Crippen molar-refractivity contribution in [3.05, 3.63) is 36.0 Å². The highest BCUT2D eigenvalue weighted by atomic mass is 28.4. The number of aliphatic hydroxyl groups is 1. The van der Waals surface area contributed by atoms with Gasteiger partial charge in [-0.2, -0.15) is 0 Å². The summed E-state index contributed by atoms with van der Waals surface area (Å²) in [5.41, 5.74) is -0.549. The topological polar surface area (TPSA) is 132 Å². The lowest BCUT2D eigenvalue weighted by Gasteiger charge is -2.41. The van der Waals surface area contributed by atoms with Crippen LogP contribution in [0.5, 0.6) is 0 Å². The first-order valence-corrected chi connectivity index (χ1v) is 24.1. The van der Waals surface area contributed by atoms with Crippen LogP contribution in [0.1, 0.15) is 136 Å². The Bertz CT molecular complexity index is 1310. The Balaban J connectivity index is 2.59. The summed E-state index contributed by atoms with van der Waals surface area (Å²) in [6, 6.07) is 1.85. The Hall–Kier alpha value is -1.90. The second-order valence-corrected chi connectivity index (χ2v) is 21.9. The van der Waals surface area contributed by atoms with Gasteiger partial charge in [0.2, 0.25) is 0 Å². The van der Waals surface area contributed by atoms with Crippen molar-refractivity contribution in [3.8, 4) is 0 Å². The van der Waals surface area contributed by atoms with Gasteiger partial charge in [-0.3, -0.25) is 9.59 Å². The number of aliphatic hydroxyl groups excluding tert-OH is 1. The van der Waals surface area contributed by atoms with E-state index in [1.54, 1.807) is 0 Å². The van der Waals surface area contributed by atoms with Crippen LogP contribution >= 0.6 is 0 Å². The summed E-state index contributed by atoms with van der Waals surface area (Å²) in [5.74, 6) is -1.04. The molecule has 1 saturated heterocycles. The molecule has 0 aromatic heterocycles. The van der Waals surface area contributed by atoms with Gasteiger partial charge in [-0.05, 0) is 97.0 Å². The molecule has 12 atom stereocenters. The Kier molecular flexibility index (Phi) is 21.4. The van der Waals surface area contributed by atoms with Gasteiger partial charge < -0.3 is 42.7 Å². The van der Waals surface area contributed by atoms with Crippen molar-refractivity contribution in [1.29, 1.82) is 0 Å². The molecule has 330 valence electrons. The SMILES string of the molecule is CCOC(C)OC(C)(C=CC=C(C)C1OC(=O)CC(O[Si](CC)(CC)C(C)C)CCC(C)(OC(C)OCC)C(OC(C)=O)C=CC1C)CC1OC1C(C)C(O)CC. The molecule has 1 fully saturated rings. The fraction of sp³-hybridized carbons (Fsp3) is 0.822. The molecule has 0 radical (unpaired) electrons. The number of ether oxygens (including phenoxy) is 7. The fourth-order valence-electron chi connectivity index (χ4n) is 8.26. The van der Waals surface area contributed by atoms with Crippen LogP contribution in [0.4, 0.5) is 0 Å². The number of carbonyl (C=O) groups excluding carboxylic acids is 2. The van der Waals surface area contributed by atoms with Gasteiger partial charge in [-0.1, -0.05) is 72.8 Å². The van der Waals surface area contributed by atoms with E-state index in [0.717, 1.165) is 17.7 Å². The van der Waals surface area contributed by atoms with Crippen molar-refractivity contribution in [3.63, 3.8) is 0 Å². The van der Waals surface area contributed by atoms with E-state index in [1.165, 1.54) is 6.92 Å². The number of allylic oxidation sites excluding steroid dienone is 2. The van der Waals surface area contributed by atoms with Crippen LogP contribution in [-0.2, 0) is 47.2 Å². The van der Waals surface area contributed by atoms with Crippen LogP contribution in [0.3, 0.4) is 0 Å². The molecule has 2 aliphatic heterocycles. The normalized spacial score (nSPS) is 29.8. The molecular formula is C45H80O11Si. The second-order valence-electron chi connectivity index (χ2n) is 16.9.